The molecular formula is C34H37F4N5O5. The van der Waals surface area contributed by atoms with Gasteiger partial charge in [-0.2, -0.15) is 13.2 Å². The van der Waals surface area contributed by atoms with Crippen molar-refractivity contribution in [3.8, 4) is 11.1 Å². The molecule has 0 radical (unpaired) electrons. The molecule has 10 nitrogen and oxygen atoms in total. The first-order chi connectivity index (χ1) is 22.7. The second kappa shape index (κ2) is 14.4. The molecule has 1 amide bonds. The molecule has 1 saturated heterocycles. The van der Waals surface area contributed by atoms with Crippen molar-refractivity contribution >= 4 is 34.2 Å². The molecule has 0 spiro atoms. The van der Waals surface area contributed by atoms with E-state index >= 15 is 4.39 Å². The molecule has 0 aliphatic carbocycles. The Hall–Kier alpha value is -4.98. The minimum Gasteiger partial charge on any atom is -0.480 e. The van der Waals surface area contributed by atoms with Crippen LogP contribution < -0.4 is 21.5 Å². The fraction of sp³-hybridized carbons (Fsp3) is 0.353. The number of fused-ring (bicyclic) bond motifs is 1. The van der Waals surface area contributed by atoms with Crippen molar-refractivity contribution in [3.63, 3.8) is 0 Å². The van der Waals surface area contributed by atoms with Crippen molar-refractivity contribution in [1.29, 1.82) is 0 Å². The number of nitrogens with zero attached hydrogens (tertiary/aromatic N) is 3. The van der Waals surface area contributed by atoms with Crippen molar-refractivity contribution in [2.24, 2.45) is 7.05 Å². The van der Waals surface area contributed by atoms with Crippen LogP contribution >= 0.6 is 0 Å². The summed E-state index contributed by atoms with van der Waals surface area (Å²) < 4.78 is 62.5. The van der Waals surface area contributed by atoms with Gasteiger partial charge in [0.25, 0.3) is 11.5 Å². The lowest BCUT2D eigenvalue weighted by molar-refractivity contribution is -0.167. The summed E-state index contributed by atoms with van der Waals surface area (Å²) >= 11 is 0. The normalized spacial score (nSPS) is 15.4. The highest BCUT2D eigenvalue weighted by molar-refractivity contribution is 5.99. The van der Waals surface area contributed by atoms with E-state index in [0.29, 0.717) is 39.0 Å². The predicted octanol–water partition coefficient (Wildman–Crippen LogP) is 5.16. The summed E-state index contributed by atoms with van der Waals surface area (Å²) in [5, 5.41) is 12.9. The molecule has 48 heavy (non-hydrogen) atoms. The molecule has 0 bridgehead atoms. The zero-order valence-corrected chi connectivity index (χ0v) is 27.1. The van der Waals surface area contributed by atoms with Crippen molar-refractivity contribution in [2.75, 3.05) is 30.4 Å². The number of hydrogen-bond acceptors (Lipinski definition) is 7. The Bertz CT molecular complexity index is 1890. The molecule has 1 fully saturated rings. The Labute approximate surface area is 274 Å². The number of benzene rings is 2. The summed E-state index contributed by atoms with van der Waals surface area (Å²) in [5.41, 5.74) is 7.96. The number of nitrogen functional groups attached to an aromatic ring is 1. The van der Waals surface area contributed by atoms with Crippen LogP contribution in [0.2, 0.25) is 0 Å². The molecule has 2 aromatic carbocycles. The number of carboxylic acids is 1. The van der Waals surface area contributed by atoms with Gasteiger partial charge in [-0.15, -0.1) is 0 Å². The summed E-state index contributed by atoms with van der Waals surface area (Å²) in [6.45, 7) is 6.34. The zero-order chi connectivity index (χ0) is 35.5. The topological polar surface area (TPSA) is 140 Å². The predicted molar refractivity (Wildman–Crippen MR) is 175 cm³/mol. The number of nitrogens with one attached hydrogen (secondary N) is 1. The van der Waals surface area contributed by atoms with Crippen LogP contribution in [0.1, 0.15) is 41.0 Å². The largest absolute Gasteiger partial charge is 0.480 e. The number of hydrogen-bond donors (Lipinski definition) is 3. The van der Waals surface area contributed by atoms with Gasteiger partial charge in [0.1, 0.15) is 17.9 Å². The fourth-order valence-corrected chi connectivity index (χ4v) is 5.68. The number of aliphatic carboxylic acids is 1. The van der Waals surface area contributed by atoms with Gasteiger partial charge in [0, 0.05) is 48.5 Å². The lowest BCUT2D eigenvalue weighted by Gasteiger charge is -2.38. The number of carbonyl (C=O) groups excluding carboxylic acids is 1. The van der Waals surface area contributed by atoms with E-state index < -0.39 is 48.1 Å². The maximum Gasteiger partial charge on any atom is 0.411 e. The Kier molecular flexibility index (Phi) is 10.8. The van der Waals surface area contributed by atoms with Gasteiger partial charge >= 0.3 is 12.1 Å². The minimum absolute atomic E-state index is 0.0106. The molecule has 4 aromatic rings. The van der Waals surface area contributed by atoms with E-state index in [2.05, 4.69) is 10.3 Å². The number of pyridine rings is 2. The first kappa shape index (κ1) is 35.9. The Morgan fingerprint density at radius 2 is 1.85 bits per heavy atom. The monoisotopic (exact) mass is 671 g/mol. The number of anilines is 2. The number of carboxylic acid groups (broad SMARTS) is 1. The fourth-order valence-electron chi connectivity index (χ4n) is 5.68. The van der Waals surface area contributed by atoms with Crippen molar-refractivity contribution in [3.05, 3.63) is 87.2 Å². The average molecular weight is 672 g/mol. The van der Waals surface area contributed by atoms with E-state index in [-0.39, 0.29) is 36.4 Å². The number of aromatic nitrogens is 2. The molecule has 256 valence electrons. The highest BCUT2D eigenvalue weighted by Gasteiger charge is 2.45. The van der Waals surface area contributed by atoms with E-state index in [4.69, 9.17) is 10.5 Å². The molecule has 0 saturated carbocycles. The molecule has 5 rings (SSSR count). The van der Waals surface area contributed by atoms with Gasteiger partial charge in [0.05, 0.1) is 35.5 Å². The molecule has 3 heterocycles. The SMILES string of the molecule is CC.Cc1cc(N2CCOC[C@@H]2C(F)(F)F)cc(F)c1C(=O)N[C@@H](Cc1ccc(-c2cc(N)c(C)n(C)c2=O)c2ncccc12)C(=O)O. The second-order valence-corrected chi connectivity index (χ2v) is 11.1. The number of carbonyl (C=O) groups is 2. The molecule has 1 aliphatic rings. The molecule has 4 N–H and O–H groups in total. The third-order valence-corrected chi connectivity index (χ3v) is 8.27. The van der Waals surface area contributed by atoms with Crippen LogP contribution in [0, 0.1) is 19.7 Å². The molecule has 2 atom stereocenters. The number of alkyl halides is 3. The van der Waals surface area contributed by atoms with Gasteiger partial charge in [-0.25, -0.2) is 9.18 Å². The first-order valence-electron chi connectivity index (χ1n) is 15.3. The third-order valence-electron chi connectivity index (χ3n) is 8.27. The van der Waals surface area contributed by atoms with Crippen LogP contribution in [0.4, 0.5) is 28.9 Å². The summed E-state index contributed by atoms with van der Waals surface area (Å²) in [4.78, 5) is 44.0. The van der Waals surface area contributed by atoms with Gasteiger partial charge in [-0.3, -0.25) is 14.6 Å². The standard InChI is InChI=1S/C32H31F4N5O5.C2H6/c1-16-11-19(41-9-10-46-15-26(41)32(34,35)36)13-23(33)27(16)29(42)39-25(31(44)45)12-18-6-7-21(28-20(18)5-4-8-38-28)22-14-24(37)17(2)40(3)30(22)43;1-2/h4-8,11,13-14,25-26H,9-10,12,15,37H2,1-3H3,(H,39,42)(H,44,45);1-2H3/t25-,26+;/m0./s1. The molecule has 2 aromatic heterocycles. The molecule has 14 heteroatoms. The van der Waals surface area contributed by atoms with E-state index in [0.717, 1.165) is 11.0 Å². The lowest BCUT2D eigenvalue weighted by Crippen LogP contribution is -2.53. The number of rotatable bonds is 7. The van der Waals surface area contributed by atoms with Crippen LogP contribution in [0.25, 0.3) is 22.0 Å². The summed E-state index contributed by atoms with van der Waals surface area (Å²) in [6, 6.07) is 6.74. The third kappa shape index (κ3) is 7.13. The zero-order valence-electron chi connectivity index (χ0n) is 27.1. The number of halogens is 4. The lowest BCUT2D eigenvalue weighted by atomic mass is 9.95. The van der Waals surface area contributed by atoms with E-state index in [9.17, 15) is 32.7 Å². The van der Waals surface area contributed by atoms with Gasteiger partial charge in [0.2, 0.25) is 0 Å². The van der Waals surface area contributed by atoms with Gasteiger partial charge < -0.3 is 30.4 Å². The molecular weight excluding hydrogens is 634 g/mol. The minimum atomic E-state index is -4.63. The van der Waals surface area contributed by atoms with Crippen LogP contribution in [0.3, 0.4) is 0 Å². The highest BCUT2D eigenvalue weighted by atomic mass is 19.4. The number of nitrogens with two attached hydrogens (primary N) is 1. The highest BCUT2D eigenvalue weighted by Crippen LogP contribution is 2.33. The number of amides is 1. The Morgan fingerprint density at radius 1 is 1.15 bits per heavy atom. The van der Waals surface area contributed by atoms with Crippen LogP contribution in [0.15, 0.2) is 53.5 Å². The molecule has 0 unspecified atom stereocenters. The van der Waals surface area contributed by atoms with Gasteiger partial charge in [0.15, 0.2) is 0 Å². The number of morpholine rings is 1. The molecule has 1 aliphatic heterocycles. The van der Waals surface area contributed by atoms with E-state index in [1.54, 1.807) is 44.3 Å². The Morgan fingerprint density at radius 3 is 2.50 bits per heavy atom. The van der Waals surface area contributed by atoms with Crippen LogP contribution in [0.5, 0.6) is 0 Å². The van der Waals surface area contributed by atoms with Gasteiger partial charge in [-0.05, 0) is 49.2 Å². The van der Waals surface area contributed by atoms with E-state index in [1.165, 1.54) is 23.8 Å². The van der Waals surface area contributed by atoms with Crippen molar-refractivity contribution < 1.29 is 37.0 Å². The maximum absolute atomic E-state index is 15.4. The number of ether oxygens (including phenoxy) is 1. The first-order valence-corrected chi connectivity index (χ1v) is 15.3. The summed E-state index contributed by atoms with van der Waals surface area (Å²) in [6.07, 6.45) is -3.33. The maximum atomic E-state index is 15.4. The quantitative estimate of drug-likeness (QED) is 0.229. The van der Waals surface area contributed by atoms with Crippen molar-refractivity contribution in [1.82, 2.24) is 14.9 Å². The summed E-state index contributed by atoms with van der Waals surface area (Å²) in [5.74, 6) is -3.53. The van der Waals surface area contributed by atoms with Crippen molar-refractivity contribution in [2.45, 2.75) is 52.4 Å². The Balaban J connectivity index is 0.00000255. The summed E-state index contributed by atoms with van der Waals surface area (Å²) in [7, 11) is 1.60. The second-order valence-electron chi connectivity index (χ2n) is 11.1. The van der Waals surface area contributed by atoms with E-state index in [1.807, 2.05) is 13.8 Å². The average Bonchev–Trinajstić information content (AvgIpc) is 3.05. The van der Waals surface area contributed by atoms with Gasteiger partial charge in [-0.1, -0.05) is 32.0 Å². The van der Waals surface area contributed by atoms with Crippen LogP contribution in [-0.4, -0.2) is 64.6 Å². The van der Waals surface area contributed by atoms with Crippen LogP contribution in [-0.2, 0) is 23.0 Å². The smallest absolute Gasteiger partial charge is 0.411 e. The number of aryl methyl sites for hydroxylation is 1.